The molecule has 0 radical (unpaired) electrons. The normalized spacial score (nSPS) is 25.9. The first-order valence-electron chi connectivity index (χ1n) is 5.59. The lowest BCUT2D eigenvalue weighted by molar-refractivity contribution is 0.420. The second-order valence-electron chi connectivity index (χ2n) is 4.42. The minimum atomic E-state index is -0.315. The molecule has 1 aliphatic heterocycles. The van der Waals surface area contributed by atoms with E-state index in [2.05, 4.69) is 16.9 Å². The Bertz CT molecular complexity index is 382. The molecule has 0 saturated carbocycles. The fraction of sp³-hybridized carbons (Fsp3) is 0.636. The maximum atomic E-state index is 13.9. The largest absolute Gasteiger partial charge is 0.351 e. The van der Waals surface area contributed by atoms with E-state index < -0.39 is 0 Å². The lowest BCUT2D eigenvalue weighted by Gasteiger charge is -2.37. The van der Waals surface area contributed by atoms with Gasteiger partial charge >= 0.3 is 0 Å². The number of piperidine rings is 1. The van der Waals surface area contributed by atoms with Crippen molar-refractivity contribution in [3.8, 4) is 0 Å². The first-order valence-corrected chi connectivity index (χ1v) is 5.59. The van der Waals surface area contributed by atoms with Crippen LogP contribution in [0.2, 0.25) is 0 Å². The van der Waals surface area contributed by atoms with Crippen LogP contribution in [0.3, 0.4) is 0 Å². The molecule has 2 heterocycles. The molecule has 0 aliphatic carbocycles. The van der Waals surface area contributed by atoms with E-state index >= 15 is 0 Å². The van der Waals surface area contributed by atoms with Gasteiger partial charge < -0.3 is 10.6 Å². The summed E-state index contributed by atoms with van der Waals surface area (Å²) in [6, 6.07) is 0.449. The van der Waals surface area contributed by atoms with Gasteiger partial charge in [-0.25, -0.2) is 14.4 Å². The van der Waals surface area contributed by atoms with Crippen molar-refractivity contribution < 1.29 is 4.39 Å². The number of nitrogens with two attached hydrogens (primary N) is 1. The average molecular weight is 224 g/mol. The molecule has 16 heavy (non-hydrogen) atoms. The Morgan fingerprint density at radius 3 is 2.94 bits per heavy atom. The minimum absolute atomic E-state index is 0.220. The van der Waals surface area contributed by atoms with E-state index in [1.165, 1.54) is 6.33 Å². The maximum absolute atomic E-state index is 13.9. The number of halogens is 1. The van der Waals surface area contributed by atoms with Gasteiger partial charge in [-0.15, -0.1) is 0 Å². The Morgan fingerprint density at radius 1 is 1.50 bits per heavy atom. The fourth-order valence-electron chi connectivity index (χ4n) is 2.17. The lowest BCUT2D eigenvalue weighted by atomic mass is 9.99. The van der Waals surface area contributed by atoms with E-state index in [0.29, 0.717) is 11.5 Å². The van der Waals surface area contributed by atoms with Crippen molar-refractivity contribution in [2.45, 2.75) is 38.8 Å². The predicted octanol–water partition coefficient (Wildman–Crippen LogP) is 1.24. The summed E-state index contributed by atoms with van der Waals surface area (Å²) in [5, 5.41) is 0. The molecule has 1 aromatic rings. The molecule has 0 spiro atoms. The summed E-state index contributed by atoms with van der Waals surface area (Å²) < 4.78 is 13.9. The van der Waals surface area contributed by atoms with E-state index in [4.69, 9.17) is 5.73 Å². The van der Waals surface area contributed by atoms with Crippen molar-refractivity contribution in [1.82, 2.24) is 9.97 Å². The van der Waals surface area contributed by atoms with Crippen molar-refractivity contribution >= 4 is 5.82 Å². The van der Waals surface area contributed by atoms with Crippen LogP contribution in [0.5, 0.6) is 0 Å². The minimum Gasteiger partial charge on any atom is -0.351 e. The summed E-state index contributed by atoms with van der Waals surface area (Å²) in [4.78, 5) is 9.85. The first-order chi connectivity index (χ1) is 7.59. The zero-order chi connectivity index (χ0) is 11.7. The summed E-state index contributed by atoms with van der Waals surface area (Å²) >= 11 is 0. The Hall–Kier alpha value is -1.23. The van der Waals surface area contributed by atoms with Crippen LogP contribution < -0.4 is 10.6 Å². The van der Waals surface area contributed by atoms with Crippen LogP contribution >= 0.6 is 0 Å². The Morgan fingerprint density at radius 2 is 2.25 bits per heavy atom. The van der Waals surface area contributed by atoms with Gasteiger partial charge in [-0.2, -0.15) is 0 Å². The number of aryl methyl sites for hydroxylation is 1. The number of nitrogens with zero attached hydrogens (tertiary/aromatic N) is 3. The van der Waals surface area contributed by atoms with E-state index in [0.717, 1.165) is 19.4 Å². The topological polar surface area (TPSA) is 55.0 Å². The van der Waals surface area contributed by atoms with Crippen LogP contribution in [0.4, 0.5) is 10.2 Å². The molecule has 1 fully saturated rings. The zero-order valence-electron chi connectivity index (χ0n) is 9.65. The average Bonchev–Trinajstić information content (AvgIpc) is 2.23. The summed E-state index contributed by atoms with van der Waals surface area (Å²) in [7, 11) is 0. The Kier molecular flexibility index (Phi) is 3.05. The zero-order valence-corrected chi connectivity index (χ0v) is 9.65. The quantitative estimate of drug-likeness (QED) is 0.779. The third kappa shape index (κ3) is 2.00. The van der Waals surface area contributed by atoms with E-state index in [-0.39, 0.29) is 17.9 Å². The lowest BCUT2D eigenvalue weighted by Crippen LogP contribution is -2.46. The third-order valence-electron chi connectivity index (χ3n) is 3.13. The third-order valence-corrected chi connectivity index (χ3v) is 3.13. The van der Waals surface area contributed by atoms with E-state index in [9.17, 15) is 4.39 Å². The van der Waals surface area contributed by atoms with Gasteiger partial charge in [-0.05, 0) is 26.7 Å². The molecule has 1 aromatic heterocycles. The molecule has 5 heteroatoms. The highest BCUT2D eigenvalue weighted by Crippen LogP contribution is 2.25. The van der Waals surface area contributed by atoms with Crippen molar-refractivity contribution in [2.75, 3.05) is 11.4 Å². The number of rotatable bonds is 1. The summed E-state index contributed by atoms with van der Waals surface area (Å²) in [6.07, 6.45) is 3.17. The summed E-state index contributed by atoms with van der Waals surface area (Å²) in [6.45, 7) is 4.46. The van der Waals surface area contributed by atoms with Crippen LogP contribution in [-0.4, -0.2) is 28.6 Å². The molecule has 2 unspecified atom stereocenters. The predicted molar refractivity (Wildman–Crippen MR) is 60.7 cm³/mol. The molecule has 1 aliphatic rings. The number of anilines is 1. The molecular formula is C11H17FN4. The Balaban J connectivity index is 2.27. The molecule has 2 atom stereocenters. The van der Waals surface area contributed by atoms with Crippen LogP contribution in [0.25, 0.3) is 0 Å². The Labute approximate surface area is 94.7 Å². The van der Waals surface area contributed by atoms with Gasteiger partial charge in [0.25, 0.3) is 0 Å². The molecule has 88 valence electrons. The van der Waals surface area contributed by atoms with Crippen molar-refractivity contribution in [3.63, 3.8) is 0 Å². The molecule has 1 saturated heterocycles. The van der Waals surface area contributed by atoms with Gasteiger partial charge in [0.2, 0.25) is 0 Å². The number of hydrogen-bond acceptors (Lipinski definition) is 4. The molecule has 0 bridgehead atoms. The standard InChI is InChI=1S/C11H17FN4/c1-7-5-9(13)3-4-16(7)11-10(12)8(2)14-6-15-11/h6-7,9H,3-5,13H2,1-2H3. The fourth-order valence-corrected chi connectivity index (χ4v) is 2.17. The summed E-state index contributed by atoms with van der Waals surface area (Å²) in [5.74, 6) is 0.0942. The van der Waals surface area contributed by atoms with Crippen molar-refractivity contribution in [1.29, 1.82) is 0 Å². The first kappa shape index (κ1) is 11.3. The smallest absolute Gasteiger partial charge is 0.186 e. The highest BCUT2D eigenvalue weighted by molar-refractivity contribution is 5.42. The summed E-state index contributed by atoms with van der Waals surface area (Å²) in [5.41, 5.74) is 6.28. The maximum Gasteiger partial charge on any atom is 0.186 e. The number of hydrogen-bond donors (Lipinski definition) is 1. The highest BCUT2D eigenvalue weighted by atomic mass is 19.1. The van der Waals surface area contributed by atoms with Gasteiger partial charge in [-0.3, -0.25) is 0 Å². The van der Waals surface area contributed by atoms with Gasteiger partial charge in [0.1, 0.15) is 6.33 Å². The molecule has 2 N–H and O–H groups in total. The van der Waals surface area contributed by atoms with E-state index in [1.54, 1.807) is 6.92 Å². The molecule has 0 amide bonds. The van der Waals surface area contributed by atoms with Gasteiger partial charge in [-0.1, -0.05) is 0 Å². The molecule has 0 aromatic carbocycles. The van der Waals surface area contributed by atoms with Crippen molar-refractivity contribution in [2.24, 2.45) is 5.73 Å². The van der Waals surface area contributed by atoms with Crippen LogP contribution in [0.1, 0.15) is 25.5 Å². The SMILES string of the molecule is Cc1ncnc(N2CCC(N)CC2C)c1F. The second-order valence-corrected chi connectivity index (χ2v) is 4.42. The molecule has 2 rings (SSSR count). The van der Waals surface area contributed by atoms with Crippen LogP contribution in [-0.2, 0) is 0 Å². The second kappa shape index (κ2) is 4.33. The van der Waals surface area contributed by atoms with Gasteiger partial charge in [0.05, 0.1) is 5.69 Å². The van der Waals surface area contributed by atoms with Crippen LogP contribution in [0, 0.1) is 12.7 Å². The molecule has 4 nitrogen and oxygen atoms in total. The van der Waals surface area contributed by atoms with Gasteiger partial charge in [0, 0.05) is 18.6 Å². The van der Waals surface area contributed by atoms with Crippen molar-refractivity contribution in [3.05, 3.63) is 17.8 Å². The van der Waals surface area contributed by atoms with E-state index in [1.807, 2.05) is 4.90 Å². The monoisotopic (exact) mass is 224 g/mol. The highest BCUT2D eigenvalue weighted by Gasteiger charge is 2.26. The number of aromatic nitrogens is 2. The molecular weight excluding hydrogens is 207 g/mol. The van der Waals surface area contributed by atoms with Crippen LogP contribution in [0.15, 0.2) is 6.33 Å². The van der Waals surface area contributed by atoms with Gasteiger partial charge in [0.15, 0.2) is 11.6 Å².